The van der Waals surface area contributed by atoms with E-state index in [0.717, 1.165) is 44.8 Å². The van der Waals surface area contributed by atoms with Gasteiger partial charge in [0, 0.05) is 26.2 Å². The Hall–Kier alpha value is -1.59. The van der Waals surface area contributed by atoms with E-state index in [2.05, 4.69) is 4.90 Å². The van der Waals surface area contributed by atoms with Gasteiger partial charge in [0.1, 0.15) is 6.10 Å². The third-order valence-electron chi connectivity index (χ3n) is 4.04. The molecule has 2 fully saturated rings. The topological polar surface area (TPSA) is 42.0 Å². The van der Waals surface area contributed by atoms with Crippen molar-refractivity contribution in [3.63, 3.8) is 0 Å². The summed E-state index contributed by atoms with van der Waals surface area (Å²) in [6.45, 7) is 5.88. The maximum Gasteiger partial charge on any atom is 0.410 e. The van der Waals surface area contributed by atoms with Gasteiger partial charge in [-0.1, -0.05) is 30.3 Å². The molecule has 21 heavy (non-hydrogen) atoms. The molecular weight excluding hydrogens is 268 g/mol. The summed E-state index contributed by atoms with van der Waals surface area (Å²) in [5.74, 6) is 0. The molecule has 1 unspecified atom stereocenters. The second-order valence-corrected chi connectivity index (χ2v) is 5.61. The van der Waals surface area contributed by atoms with Crippen molar-refractivity contribution in [2.24, 2.45) is 0 Å². The van der Waals surface area contributed by atoms with Crippen LogP contribution in [0, 0.1) is 0 Å². The Balaban J connectivity index is 1.45. The van der Waals surface area contributed by atoms with Gasteiger partial charge in [0.25, 0.3) is 0 Å². The van der Waals surface area contributed by atoms with Gasteiger partial charge < -0.3 is 14.4 Å². The highest BCUT2D eigenvalue weighted by Crippen LogP contribution is 2.17. The van der Waals surface area contributed by atoms with E-state index in [4.69, 9.17) is 9.47 Å². The van der Waals surface area contributed by atoms with Crippen molar-refractivity contribution in [1.29, 1.82) is 0 Å². The predicted molar refractivity (Wildman–Crippen MR) is 79.0 cm³/mol. The Bertz CT molecular complexity index is 460. The van der Waals surface area contributed by atoms with E-state index in [1.165, 1.54) is 0 Å². The number of benzene rings is 1. The number of morpholine rings is 1. The van der Waals surface area contributed by atoms with Gasteiger partial charge in [0.2, 0.25) is 0 Å². The maximum absolute atomic E-state index is 11.9. The second kappa shape index (κ2) is 6.91. The van der Waals surface area contributed by atoms with Gasteiger partial charge in [-0.05, 0) is 12.0 Å². The number of carbonyl (C=O) groups excluding carboxylic acids is 1. The van der Waals surface area contributed by atoms with Crippen LogP contribution in [-0.2, 0) is 16.0 Å². The lowest BCUT2D eigenvalue weighted by atomic mass is 10.2. The third-order valence-corrected chi connectivity index (χ3v) is 4.04. The summed E-state index contributed by atoms with van der Waals surface area (Å²) < 4.78 is 10.8. The Morgan fingerprint density at radius 3 is 2.67 bits per heavy atom. The Labute approximate surface area is 125 Å². The largest absolute Gasteiger partial charge is 0.444 e. The van der Waals surface area contributed by atoms with E-state index in [1.54, 1.807) is 4.90 Å². The Kier molecular flexibility index (Phi) is 4.72. The summed E-state index contributed by atoms with van der Waals surface area (Å²) >= 11 is 0. The zero-order valence-electron chi connectivity index (χ0n) is 12.2. The third kappa shape index (κ3) is 3.95. The van der Waals surface area contributed by atoms with E-state index in [0.29, 0.717) is 13.1 Å². The maximum atomic E-state index is 11.9. The molecule has 2 aliphatic heterocycles. The van der Waals surface area contributed by atoms with Crippen LogP contribution in [0.25, 0.3) is 0 Å². The van der Waals surface area contributed by atoms with E-state index in [1.807, 2.05) is 30.3 Å². The minimum absolute atomic E-state index is 0.0176. The summed E-state index contributed by atoms with van der Waals surface area (Å²) in [6.07, 6.45) is 0.728. The molecule has 5 nitrogen and oxygen atoms in total. The minimum atomic E-state index is -0.189. The lowest BCUT2D eigenvalue weighted by molar-refractivity contribution is 0.0315. The summed E-state index contributed by atoms with van der Waals surface area (Å²) in [5, 5.41) is 0. The second-order valence-electron chi connectivity index (χ2n) is 5.61. The van der Waals surface area contributed by atoms with Crippen molar-refractivity contribution in [2.45, 2.75) is 19.1 Å². The minimum Gasteiger partial charge on any atom is -0.444 e. The normalized spacial score (nSPS) is 23.3. The van der Waals surface area contributed by atoms with Crippen LogP contribution in [0.4, 0.5) is 4.79 Å². The first kappa shape index (κ1) is 14.4. The highest BCUT2D eigenvalue weighted by Gasteiger charge is 2.31. The Morgan fingerprint density at radius 1 is 1.14 bits per heavy atom. The quantitative estimate of drug-likeness (QED) is 0.828. The first-order chi connectivity index (χ1) is 10.3. The summed E-state index contributed by atoms with van der Waals surface area (Å²) in [5.41, 5.74) is 1.14. The van der Waals surface area contributed by atoms with E-state index < -0.39 is 0 Å². The summed E-state index contributed by atoms with van der Waals surface area (Å²) in [7, 11) is 0. The number of cyclic esters (lactones) is 1. The molecular formula is C16H22N2O3. The van der Waals surface area contributed by atoms with E-state index in [9.17, 15) is 4.79 Å². The SMILES string of the molecule is O=C1OC(CCN2CCOCC2)CN1Cc1ccccc1. The number of hydrogen-bond donors (Lipinski definition) is 0. The molecule has 2 aliphatic rings. The molecule has 114 valence electrons. The van der Waals surface area contributed by atoms with Gasteiger partial charge in [-0.2, -0.15) is 0 Å². The van der Waals surface area contributed by atoms with Gasteiger partial charge in [-0.15, -0.1) is 0 Å². The van der Waals surface area contributed by atoms with E-state index in [-0.39, 0.29) is 12.2 Å². The standard InChI is InChI=1S/C16H22N2O3/c19-16-18(12-14-4-2-1-3-5-14)13-15(21-16)6-7-17-8-10-20-11-9-17/h1-5,15H,6-13H2. The first-order valence-electron chi connectivity index (χ1n) is 7.61. The highest BCUT2D eigenvalue weighted by molar-refractivity contribution is 5.69. The van der Waals surface area contributed by atoms with Crippen LogP contribution in [0.2, 0.25) is 0 Å². The molecule has 0 aliphatic carbocycles. The number of ether oxygens (including phenoxy) is 2. The molecule has 2 heterocycles. The fourth-order valence-electron chi connectivity index (χ4n) is 2.81. The molecule has 0 bridgehead atoms. The van der Waals surface area contributed by atoms with Crippen molar-refractivity contribution in [3.05, 3.63) is 35.9 Å². The van der Waals surface area contributed by atoms with Gasteiger partial charge in [0.15, 0.2) is 0 Å². The number of nitrogens with zero attached hydrogens (tertiary/aromatic N) is 2. The van der Waals surface area contributed by atoms with Crippen molar-refractivity contribution < 1.29 is 14.3 Å². The molecule has 0 N–H and O–H groups in total. The van der Waals surface area contributed by atoms with Crippen LogP contribution in [0.1, 0.15) is 12.0 Å². The molecule has 1 aromatic rings. The molecule has 1 amide bonds. The zero-order chi connectivity index (χ0) is 14.5. The highest BCUT2D eigenvalue weighted by atomic mass is 16.6. The van der Waals surface area contributed by atoms with Crippen LogP contribution in [0.3, 0.4) is 0 Å². The number of hydrogen-bond acceptors (Lipinski definition) is 4. The van der Waals surface area contributed by atoms with Crippen LogP contribution in [0.15, 0.2) is 30.3 Å². The van der Waals surface area contributed by atoms with Gasteiger partial charge in [-0.25, -0.2) is 4.79 Å². The molecule has 0 radical (unpaired) electrons. The fourth-order valence-corrected chi connectivity index (χ4v) is 2.81. The van der Waals surface area contributed by atoms with Crippen molar-refractivity contribution >= 4 is 6.09 Å². The number of carbonyl (C=O) groups is 1. The molecule has 2 saturated heterocycles. The summed E-state index contributed by atoms with van der Waals surface area (Å²) in [6, 6.07) is 10.0. The number of amides is 1. The van der Waals surface area contributed by atoms with Gasteiger partial charge in [0.05, 0.1) is 19.8 Å². The first-order valence-corrected chi connectivity index (χ1v) is 7.61. The lowest BCUT2D eigenvalue weighted by Gasteiger charge is -2.27. The van der Waals surface area contributed by atoms with Gasteiger partial charge in [-0.3, -0.25) is 4.90 Å². The fraction of sp³-hybridized carbons (Fsp3) is 0.562. The molecule has 3 rings (SSSR count). The number of rotatable bonds is 5. The average molecular weight is 290 g/mol. The molecule has 0 saturated carbocycles. The van der Waals surface area contributed by atoms with Crippen LogP contribution >= 0.6 is 0 Å². The molecule has 1 atom stereocenters. The van der Waals surface area contributed by atoms with Crippen LogP contribution < -0.4 is 0 Å². The molecule has 0 aromatic heterocycles. The monoisotopic (exact) mass is 290 g/mol. The van der Waals surface area contributed by atoms with Crippen molar-refractivity contribution in [1.82, 2.24) is 9.80 Å². The van der Waals surface area contributed by atoms with Gasteiger partial charge >= 0.3 is 6.09 Å². The molecule has 1 aromatic carbocycles. The average Bonchev–Trinajstić information content (AvgIpc) is 2.87. The zero-order valence-corrected chi connectivity index (χ0v) is 12.2. The van der Waals surface area contributed by atoms with Crippen molar-refractivity contribution in [2.75, 3.05) is 39.4 Å². The molecule has 5 heteroatoms. The summed E-state index contributed by atoms with van der Waals surface area (Å²) in [4.78, 5) is 16.1. The van der Waals surface area contributed by atoms with Crippen molar-refractivity contribution in [3.8, 4) is 0 Å². The lowest BCUT2D eigenvalue weighted by Crippen LogP contribution is -2.38. The molecule has 0 spiro atoms. The predicted octanol–water partition coefficient (Wildman–Crippen LogP) is 1.73. The van der Waals surface area contributed by atoms with Crippen LogP contribution in [0.5, 0.6) is 0 Å². The van der Waals surface area contributed by atoms with E-state index >= 15 is 0 Å². The van der Waals surface area contributed by atoms with Crippen LogP contribution in [-0.4, -0.2) is 61.4 Å². The smallest absolute Gasteiger partial charge is 0.410 e. The Morgan fingerprint density at radius 2 is 1.90 bits per heavy atom.